The van der Waals surface area contributed by atoms with Crippen LogP contribution in [0.4, 0.5) is 0 Å². The first-order chi connectivity index (χ1) is 12.5. The molecule has 4 N–H and O–H groups in total. The lowest BCUT2D eigenvalue weighted by Gasteiger charge is -2.14. The van der Waals surface area contributed by atoms with Gasteiger partial charge in [-0.25, -0.2) is 0 Å². The molecule has 2 aromatic carbocycles. The Labute approximate surface area is 161 Å². The van der Waals surface area contributed by atoms with Gasteiger partial charge in [0.05, 0.1) is 5.02 Å². The van der Waals surface area contributed by atoms with Crippen molar-refractivity contribution >= 4 is 29.1 Å². The fraction of sp³-hybridized carbons (Fsp3) is 0.278. The van der Waals surface area contributed by atoms with Gasteiger partial charge in [0.25, 0.3) is 0 Å². The van der Waals surface area contributed by atoms with Crippen molar-refractivity contribution in [2.45, 2.75) is 6.10 Å². The molecule has 0 radical (unpaired) electrons. The summed E-state index contributed by atoms with van der Waals surface area (Å²) in [5.41, 5.74) is 5.60. The van der Waals surface area contributed by atoms with E-state index < -0.39 is 12.0 Å². The highest BCUT2D eigenvalue weighted by atomic mass is 35.5. The predicted molar refractivity (Wildman–Crippen MR) is 101 cm³/mol. The van der Waals surface area contributed by atoms with Gasteiger partial charge in [-0.2, -0.15) is 0 Å². The van der Waals surface area contributed by atoms with Gasteiger partial charge in [0.1, 0.15) is 35.8 Å². The van der Waals surface area contributed by atoms with Gasteiger partial charge in [0.2, 0.25) is 5.91 Å². The van der Waals surface area contributed by atoms with E-state index in [1.165, 1.54) is 0 Å². The Morgan fingerprint density at radius 3 is 2.58 bits per heavy atom. The highest BCUT2D eigenvalue weighted by Gasteiger charge is 2.09. The summed E-state index contributed by atoms with van der Waals surface area (Å²) in [6.07, 6.45) is -0.708. The number of aliphatic hydroxyl groups excluding tert-OH is 1. The Kier molecular flexibility index (Phi) is 8.00. The normalized spacial score (nSPS) is 11.8. The van der Waals surface area contributed by atoms with Crippen molar-refractivity contribution in [3.05, 3.63) is 58.1 Å². The highest BCUT2D eigenvalue weighted by Crippen LogP contribution is 2.31. The van der Waals surface area contributed by atoms with Crippen molar-refractivity contribution in [1.29, 1.82) is 0 Å². The Bertz CT molecular complexity index is 726. The first kappa shape index (κ1) is 20.3. The van der Waals surface area contributed by atoms with E-state index in [1.807, 2.05) is 0 Å². The van der Waals surface area contributed by atoms with Gasteiger partial charge in [-0.15, -0.1) is 0 Å². The number of hydrogen-bond acceptors (Lipinski definition) is 5. The molecule has 1 atom stereocenters. The minimum atomic E-state index is -0.708. The first-order valence-corrected chi connectivity index (χ1v) is 8.71. The van der Waals surface area contributed by atoms with Crippen LogP contribution in [0.25, 0.3) is 0 Å². The third kappa shape index (κ3) is 6.38. The monoisotopic (exact) mass is 398 g/mol. The van der Waals surface area contributed by atoms with Gasteiger partial charge in [-0.3, -0.25) is 4.79 Å². The smallest absolute Gasteiger partial charge is 0.248 e. The van der Waals surface area contributed by atoms with E-state index in [2.05, 4.69) is 5.32 Å². The molecule has 2 aromatic rings. The van der Waals surface area contributed by atoms with Crippen molar-refractivity contribution in [3.8, 4) is 11.5 Å². The van der Waals surface area contributed by atoms with Crippen LogP contribution in [0, 0.1) is 0 Å². The van der Waals surface area contributed by atoms with Crippen molar-refractivity contribution in [2.75, 3.05) is 26.3 Å². The SMILES string of the molecule is NC(=O)c1ccc(OCCNCC(O)COc2cccc(Cl)c2Cl)cc1. The minimum Gasteiger partial charge on any atom is -0.492 e. The number of ether oxygens (including phenoxy) is 2. The number of nitrogens with one attached hydrogen (secondary N) is 1. The second-order valence-corrected chi connectivity index (χ2v) is 6.24. The summed E-state index contributed by atoms with van der Waals surface area (Å²) in [7, 11) is 0. The Morgan fingerprint density at radius 2 is 1.88 bits per heavy atom. The lowest BCUT2D eigenvalue weighted by atomic mass is 10.2. The Balaban J connectivity index is 1.62. The molecule has 2 rings (SSSR count). The zero-order valence-corrected chi connectivity index (χ0v) is 15.5. The van der Waals surface area contributed by atoms with Crippen LogP contribution in [0.15, 0.2) is 42.5 Å². The number of carbonyl (C=O) groups is 1. The predicted octanol–water partition coefficient (Wildman–Crippen LogP) is 2.50. The summed E-state index contributed by atoms with van der Waals surface area (Å²) in [6.45, 7) is 1.36. The van der Waals surface area contributed by atoms with Crippen molar-refractivity contribution in [3.63, 3.8) is 0 Å². The van der Waals surface area contributed by atoms with E-state index in [9.17, 15) is 9.90 Å². The third-order valence-corrected chi connectivity index (χ3v) is 4.22. The molecule has 0 aliphatic rings. The molecule has 8 heteroatoms. The number of carbonyl (C=O) groups excluding carboxylic acids is 1. The molecular formula is C18H20Cl2N2O4. The molecule has 26 heavy (non-hydrogen) atoms. The topological polar surface area (TPSA) is 93.8 Å². The van der Waals surface area contributed by atoms with Crippen LogP contribution in [0.5, 0.6) is 11.5 Å². The summed E-state index contributed by atoms with van der Waals surface area (Å²) in [5.74, 6) is 0.589. The van der Waals surface area contributed by atoms with Gasteiger partial charge in [-0.1, -0.05) is 29.3 Å². The fourth-order valence-electron chi connectivity index (χ4n) is 2.07. The lowest BCUT2D eigenvalue weighted by Crippen LogP contribution is -2.33. The number of halogens is 2. The molecule has 0 aliphatic heterocycles. The van der Waals surface area contributed by atoms with E-state index >= 15 is 0 Å². The van der Waals surface area contributed by atoms with Gasteiger partial charge in [-0.05, 0) is 36.4 Å². The van der Waals surface area contributed by atoms with Gasteiger partial charge in [0.15, 0.2) is 0 Å². The molecule has 0 aliphatic carbocycles. The molecular weight excluding hydrogens is 379 g/mol. The molecule has 0 aromatic heterocycles. The van der Waals surface area contributed by atoms with Crippen LogP contribution in [0.1, 0.15) is 10.4 Å². The quantitative estimate of drug-likeness (QED) is 0.534. The average molecular weight is 399 g/mol. The molecule has 1 amide bonds. The molecule has 1 unspecified atom stereocenters. The molecule has 0 heterocycles. The zero-order valence-electron chi connectivity index (χ0n) is 14.0. The first-order valence-electron chi connectivity index (χ1n) is 7.95. The van der Waals surface area contributed by atoms with E-state index in [1.54, 1.807) is 42.5 Å². The molecule has 0 saturated heterocycles. The molecule has 0 bridgehead atoms. The number of benzene rings is 2. The van der Waals surface area contributed by atoms with Crippen molar-refractivity contribution < 1.29 is 19.4 Å². The summed E-state index contributed by atoms with van der Waals surface area (Å²) in [5, 5.41) is 13.7. The zero-order chi connectivity index (χ0) is 18.9. The van der Waals surface area contributed by atoms with Gasteiger partial charge >= 0.3 is 0 Å². The number of nitrogens with two attached hydrogens (primary N) is 1. The largest absolute Gasteiger partial charge is 0.492 e. The molecule has 0 saturated carbocycles. The molecule has 6 nitrogen and oxygen atoms in total. The third-order valence-electron chi connectivity index (χ3n) is 3.41. The van der Waals surface area contributed by atoms with Crippen molar-refractivity contribution in [2.24, 2.45) is 5.73 Å². The summed E-state index contributed by atoms with van der Waals surface area (Å²) in [4.78, 5) is 11.0. The number of aliphatic hydroxyl groups is 1. The van der Waals surface area contributed by atoms with Crippen LogP contribution in [-0.4, -0.2) is 43.4 Å². The molecule has 0 fully saturated rings. The maximum Gasteiger partial charge on any atom is 0.248 e. The maximum absolute atomic E-state index is 11.0. The number of hydrogen-bond donors (Lipinski definition) is 3. The highest BCUT2D eigenvalue weighted by molar-refractivity contribution is 6.42. The van der Waals surface area contributed by atoms with E-state index in [0.29, 0.717) is 46.8 Å². The van der Waals surface area contributed by atoms with Crippen LogP contribution in [-0.2, 0) is 0 Å². The Hall–Kier alpha value is -1.99. The second-order valence-electron chi connectivity index (χ2n) is 5.46. The van der Waals surface area contributed by atoms with Crippen LogP contribution in [0.2, 0.25) is 10.0 Å². The molecule has 140 valence electrons. The standard InChI is InChI=1S/C18H20Cl2N2O4/c19-15-2-1-3-16(17(15)20)26-11-13(23)10-22-8-9-25-14-6-4-12(5-7-14)18(21)24/h1-7,13,22-23H,8-11H2,(H2,21,24). The van der Waals surface area contributed by atoms with Crippen LogP contribution in [0.3, 0.4) is 0 Å². The van der Waals surface area contributed by atoms with Crippen molar-refractivity contribution in [1.82, 2.24) is 5.32 Å². The summed E-state index contributed by atoms with van der Waals surface area (Å²) in [6, 6.07) is 11.6. The number of amides is 1. The lowest BCUT2D eigenvalue weighted by molar-refractivity contribution is 0.1000. The maximum atomic E-state index is 11.0. The average Bonchev–Trinajstić information content (AvgIpc) is 2.63. The van der Waals surface area contributed by atoms with E-state index in [4.69, 9.17) is 38.4 Å². The second kappa shape index (κ2) is 10.2. The Morgan fingerprint density at radius 1 is 1.15 bits per heavy atom. The van der Waals surface area contributed by atoms with Gasteiger partial charge < -0.3 is 25.6 Å². The number of rotatable bonds is 10. The van der Waals surface area contributed by atoms with Gasteiger partial charge in [0, 0.05) is 18.7 Å². The number of primary amides is 1. The van der Waals surface area contributed by atoms with Crippen LogP contribution >= 0.6 is 23.2 Å². The fourth-order valence-corrected chi connectivity index (χ4v) is 2.41. The van der Waals surface area contributed by atoms with Crippen LogP contribution < -0.4 is 20.5 Å². The minimum absolute atomic E-state index is 0.0858. The molecule has 0 spiro atoms. The summed E-state index contributed by atoms with van der Waals surface area (Å²) < 4.78 is 11.0. The summed E-state index contributed by atoms with van der Waals surface area (Å²) >= 11 is 11.9. The van der Waals surface area contributed by atoms with E-state index in [-0.39, 0.29) is 6.61 Å². The van der Waals surface area contributed by atoms with E-state index in [0.717, 1.165) is 0 Å².